The number of hydrogen-bond donors (Lipinski definition) is 1. The zero-order chi connectivity index (χ0) is 13.7. The van der Waals surface area contributed by atoms with Gasteiger partial charge in [0.05, 0.1) is 5.75 Å². The highest BCUT2D eigenvalue weighted by atomic mass is 127. The number of nitrogens with one attached hydrogen (secondary N) is 1. The minimum absolute atomic E-state index is 0.0753. The Balaban J connectivity index is 1.84. The third-order valence-electron chi connectivity index (χ3n) is 2.18. The number of rotatable bonds is 4. The number of anilines is 1. The largest absolute Gasteiger partial charge is 0.310 e. The molecule has 1 aromatic carbocycles. The summed E-state index contributed by atoms with van der Waals surface area (Å²) in [7, 11) is 0. The molecule has 0 unspecified atom stereocenters. The SMILES string of the molecule is O=C(CSc1ccc(Cl)cc1)Nc1ccc(I)cn1. The molecule has 0 aliphatic heterocycles. The quantitative estimate of drug-likeness (QED) is 0.617. The van der Waals surface area contributed by atoms with Crippen molar-refractivity contribution in [2.45, 2.75) is 4.90 Å². The van der Waals surface area contributed by atoms with Crippen LogP contribution in [0.15, 0.2) is 47.5 Å². The second kappa shape index (κ2) is 7.12. The lowest BCUT2D eigenvalue weighted by Crippen LogP contribution is -2.14. The monoisotopic (exact) mass is 404 g/mol. The van der Waals surface area contributed by atoms with Crippen molar-refractivity contribution in [3.05, 3.63) is 51.2 Å². The van der Waals surface area contributed by atoms with Crippen molar-refractivity contribution in [2.75, 3.05) is 11.1 Å². The van der Waals surface area contributed by atoms with Crippen molar-refractivity contribution in [1.82, 2.24) is 4.98 Å². The molecule has 1 heterocycles. The van der Waals surface area contributed by atoms with Gasteiger partial charge < -0.3 is 5.32 Å². The van der Waals surface area contributed by atoms with Gasteiger partial charge in [-0.15, -0.1) is 11.8 Å². The van der Waals surface area contributed by atoms with Crippen LogP contribution in [0.1, 0.15) is 0 Å². The number of amides is 1. The van der Waals surface area contributed by atoms with E-state index in [-0.39, 0.29) is 5.91 Å². The van der Waals surface area contributed by atoms with Gasteiger partial charge in [-0.05, 0) is 59.0 Å². The van der Waals surface area contributed by atoms with E-state index in [1.165, 1.54) is 11.8 Å². The molecule has 0 radical (unpaired) electrons. The van der Waals surface area contributed by atoms with Crippen LogP contribution in [0.4, 0.5) is 5.82 Å². The number of halogens is 2. The molecule has 1 aromatic heterocycles. The molecule has 0 saturated carbocycles. The highest BCUT2D eigenvalue weighted by molar-refractivity contribution is 14.1. The minimum Gasteiger partial charge on any atom is -0.310 e. The Kier molecular flexibility index (Phi) is 5.47. The van der Waals surface area contributed by atoms with Crippen LogP contribution >= 0.6 is 46.0 Å². The molecule has 6 heteroatoms. The maximum atomic E-state index is 11.7. The molecule has 2 aromatic rings. The predicted octanol–water partition coefficient (Wildman–Crippen LogP) is 4.07. The van der Waals surface area contributed by atoms with E-state index in [4.69, 9.17) is 11.6 Å². The van der Waals surface area contributed by atoms with Gasteiger partial charge in [-0.1, -0.05) is 11.6 Å². The second-order valence-electron chi connectivity index (χ2n) is 3.65. The summed E-state index contributed by atoms with van der Waals surface area (Å²) in [5.74, 6) is 0.839. The number of aromatic nitrogens is 1. The highest BCUT2D eigenvalue weighted by Gasteiger charge is 2.04. The zero-order valence-electron chi connectivity index (χ0n) is 9.77. The number of carbonyl (C=O) groups is 1. The van der Waals surface area contributed by atoms with Crippen molar-refractivity contribution in [3.63, 3.8) is 0 Å². The molecule has 2 rings (SSSR count). The summed E-state index contributed by atoms with van der Waals surface area (Å²) < 4.78 is 1.03. The van der Waals surface area contributed by atoms with E-state index in [0.717, 1.165) is 8.47 Å². The van der Waals surface area contributed by atoms with Crippen LogP contribution in [-0.4, -0.2) is 16.6 Å². The Morgan fingerprint density at radius 2 is 2.00 bits per heavy atom. The van der Waals surface area contributed by atoms with Crippen LogP contribution in [0.5, 0.6) is 0 Å². The third kappa shape index (κ3) is 5.00. The van der Waals surface area contributed by atoms with Crippen molar-refractivity contribution in [2.24, 2.45) is 0 Å². The normalized spacial score (nSPS) is 10.2. The molecule has 0 bridgehead atoms. The van der Waals surface area contributed by atoms with E-state index < -0.39 is 0 Å². The summed E-state index contributed by atoms with van der Waals surface area (Å²) >= 11 is 9.42. The van der Waals surface area contributed by atoms with E-state index in [0.29, 0.717) is 16.6 Å². The van der Waals surface area contributed by atoms with Gasteiger partial charge in [0, 0.05) is 19.7 Å². The first-order valence-corrected chi connectivity index (χ1v) is 7.87. The zero-order valence-corrected chi connectivity index (χ0v) is 13.5. The van der Waals surface area contributed by atoms with Gasteiger partial charge >= 0.3 is 0 Å². The molecule has 3 nitrogen and oxygen atoms in total. The Labute approximate surface area is 134 Å². The first-order valence-electron chi connectivity index (χ1n) is 5.43. The Morgan fingerprint density at radius 1 is 1.26 bits per heavy atom. The summed E-state index contributed by atoms with van der Waals surface area (Å²) in [5.41, 5.74) is 0. The summed E-state index contributed by atoms with van der Waals surface area (Å²) in [5, 5.41) is 3.44. The molecule has 0 fully saturated rings. The fourth-order valence-electron chi connectivity index (χ4n) is 1.31. The lowest BCUT2D eigenvalue weighted by atomic mass is 10.4. The third-order valence-corrected chi connectivity index (χ3v) is 4.08. The Hall–Kier alpha value is -0.790. The molecule has 0 aliphatic rings. The average Bonchev–Trinajstić information content (AvgIpc) is 2.41. The summed E-state index contributed by atoms with van der Waals surface area (Å²) in [6.45, 7) is 0. The minimum atomic E-state index is -0.0753. The number of carbonyl (C=O) groups excluding carboxylic acids is 1. The highest BCUT2D eigenvalue weighted by Crippen LogP contribution is 2.20. The van der Waals surface area contributed by atoms with Crippen LogP contribution in [0, 0.1) is 3.57 Å². The second-order valence-corrected chi connectivity index (χ2v) is 6.38. The molecule has 1 N–H and O–H groups in total. The average molecular weight is 405 g/mol. The summed E-state index contributed by atoms with van der Waals surface area (Å²) in [6.07, 6.45) is 1.71. The van der Waals surface area contributed by atoms with E-state index in [1.54, 1.807) is 12.3 Å². The molecule has 98 valence electrons. The standard InChI is InChI=1S/C13H10ClIN2OS/c14-9-1-4-11(5-2-9)19-8-13(18)17-12-6-3-10(15)7-16-12/h1-7H,8H2,(H,16,17,18). The molecule has 0 atom stereocenters. The Bertz CT molecular complexity index is 560. The van der Waals surface area contributed by atoms with Gasteiger partial charge in [0.2, 0.25) is 5.91 Å². The fraction of sp³-hybridized carbons (Fsp3) is 0.0769. The molecular weight excluding hydrogens is 395 g/mol. The fourth-order valence-corrected chi connectivity index (χ4v) is 2.45. The van der Waals surface area contributed by atoms with Gasteiger partial charge in [-0.25, -0.2) is 4.98 Å². The molecule has 0 aliphatic carbocycles. The van der Waals surface area contributed by atoms with Crippen molar-refractivity contribution < 1.29 is 4.79 Å². The summed E-state index contributed by atoms with van der Waals surface area (Å²) in [6, 6.07) is 11.1. The van der Waals surface area contributed by atoms with Crippen molar-refractivity contribution in [1.29, 1.82) is 0 Å². The first kappa shape index (κ1) is 14.6. The molecular formula is C13H10ClIN2OS. The maximum absolute atomic E-state index is 11.7. The number of thioether (sulfide) groups is 1. The van der Waals surface area contributed by atoms with E-state index in [2.05, 4.69) is 32.9 Å². The topological polar surface area (TPSA) is 42.0 Å². The van der Waals surface area contributed by atoms with Crippen LogP contribution in [-0.2, 0) is 4.79 Å². The molecule has 0 saturated heterocycles. The lowest BCUT2D eigenvalue weighted by Gasteiger charge is -2.04. The number of benzene rings is 1. The maximum Gasteiger partial charge on any atom is 0.235 e. The smallest absolute Gasteiger partial charge is 0.235 e. The molecule has 19 heavy (non-hydrogen) atoms. The summed E-state index contributed by atoms with van der Waals surface area (Å²) in [4.78, 5) is 16.9. The van der Waals surface area contributed by atoms with Crippen LogP contribution < -0.4 is 5.32 Å². The van der Waals surface area contributed by atoms with Gasteiger partial charge in [-0.3, -0.25) is 4.79 Å². The number of hydrogen-bond acceptors (Lipinski definition) is 3. The van der Waals surface area contributed by atoms with E-state index in [1.807, 2.05) is 30.3 Å². The number of pyridine rings is 1. The first-order chi connectivity index (χ1) is 9.13. The Morgan fingerprint density at radius 3 is 2.63 bits per heavy atom. The van der Waals surface area contributed by atoms with E-state index >= 15 is 0 Å². The molecule has 0 spiro atoms. The van der Waals surface area contributed by atoms with E-state index in [9.17, 15) is 4.79 Å². The van der Waals surface area contributed by atoms with Gasteiger partial charge in [-0.2, -0.15) is 0 Å². The lowest BCUT2D eigenvalue weighted by molar-refractivity contribution is -0.113. The van der Waals surface area contributed by atoms with Gasteiger partial charge in [0.25, 0.3) is 0 Å². The van der Waals surface area contributed by atoms with Crippen molar-refractivity contribution >= 4 is 57.7 Å². The van der Waals surface area contributed by atoms with Gasteiger partial charge in [0.15, 0.2) is 0 Å². The van der Waals surface area contributed by atoms with Crippen LogP contribution in [0.25, 0.3) is 0 Å². The van der Waals surface area contributed by atoms with Crippen molar-refractivity contribution in [3.8, 4) is 0 Å². The molecule has 1 amide bonds. The van der Waals surface area contributed by atoms with Crippen LogP contribution in [0.2, 0.25) is 5.02 Å². The number of nitrogens with zero attached hydrogens (tertiary/aromatic N) is 1. The van der Waals surface area contributed by atoms with Gasteiger partial charge in [0.1, 0.15) is 5.82 Å². The van der Waals surface area contributed by atoms with Crippen LogP contribution in [0.3, 0.4) is 0 Å². The predicted molar refractivity (Wildman–Crippen MR) is 87.8 cm³/mol.